The van der Waals surface area contributed by atoms with Crippen LogP contribution in [0.2, 0.25) is 0 Å². The van der Waals surface area contributed by atoms with Gasteiger partial charge >= 0.3 is 5.97 Å². The van der Waals surface area contributed by atoms with Gasteiger partial charge in [0.15, 0.2) is 11.5 Å². The standard InChI is InChI=1S/C15H11FO4S/c16-11-7-9(15(17)18)1-4-14(11)21-10-2-3-12-13(8-10)20-6-5-19-12/h1-4,7-8H,5-6H2,(H,17,18). The highest BCUT2D eigenvalue weighted by Gasteiger charge is 2.14. The molecule has 0 spiro atoms. The predicted octanol–water partition coefficient (Wildman–Crippen LogP) is 3.45. The summed E-state index contributed by atoms with van der Waals surface area (Å²) in [5.41, 5.74) is -0.0703. The number of hydrogen-bond donors (Lipinski definition) is 1. The van der Waals surface area contributed by atoms with Crippen LogP contribution in [0, 0.1) is 5.82 Å². The fourth-order valence-corrected chi connectivity index (χ4v) is 2.78. The summed E-state index contributed by atoms with van der Waals surface area (Å²) in [6, 6.07) is 9.22. The molecule has 1 N–H and O–H groups in total. The molecule has 0 atom stereocenters. The maximum absolute atomic E-state index is 13.9. The van der Waals surface area contributed by atoms with Crippen LogP contribution in [-0.2, 0) is 0 Å². The summed E-state index contributed by atoms with van der Waals surface area (Å²) in [6.45, 7) is 1.01. The van der Waals surface area contributed by atoms with E-state index in [9.17, 15) is 9.18 Å². The number of halogens is 1. The van der Waals surface area contributed by atoms with Crippen LogP contribution in [0.1, 0.15) is 10.4 Å². The lowest BCUT2D eigenvalue weighted by molar-refractivity contribution is 0.0696. The molecule has 0 amide bonds. The van der Waals surface area contributed by atoms with E-state index >= 15 is 0 Å². The molecule has 108 valence electrons. The third-order valence-corrected chi connectivity index (χ3v) is 3.96. The van der Waals surface area contributed by atoms with Gasteiger partial charge in [-0.1, -0.05) is 11.8 Å². The van der Waals surface area contributed by atoms with Gasteiger partial charge in [0.1, 0.15) is 19.0 Å². The minimum Gasteiger partial charge on any atom is -0.486 e. The number of ether oxygens (including phenoxy) is 2. The van der Waals surface area contributed by atoms with E-state index in [2.05, 4.69) is 0 Å². The number of aromatic carboxylic acids is 1. The van der Waals surface area contributed by atoms with Crippen LogP contribution in [0.25, 0.3) is 0 Å². The van der Waals surface area contributed by atoms with Crippen LogP contribution >= 0.6 is 11.8 Å². The van der Waals surface area contributed by atoms with Crippen LogP contribution in [0.3, 0.4) is 0 Å². The molecule has 2 aromatic carbocycles. The number of rotatable bonds is 3. The lowest BCUT2D eigenvalue weighted by Gasteiger charge is -2.18. The highest BCUT2D eigenvalue weighted by molar-refractivity contribution is 7.99. The van der Waals surface area contributed by atoms with E-state index in [0.717, 1.165) is 11.0 Å². The lowest BCUT2D eigenvalue weighted by Crippen LogP contribution is -2.15. The van der Waals surface area contributed by atoms with Crippen molar-refractivity contribution in [1.82, 2.24) is 0 Å². The van der Waals surface area contributed by atoms with Crippen molar-refractivity contribution in [3.05, 3.63) is 47.8 Å². The van der Waals surface area contributed by atoms with E-state index < -0.39 is 11.8 Å². The van der Waals surface area contributed by atoms with Crippen LogP contribution in [0.5, 0.6) is 11.5 Å². The van der Waals surface area contributed by atoms with Crippen LogP contribution in [-0.4, -0.2) is 24.3 Å². The van der Waals surface area contributed by atoms with Crippen molar-refractivity contribution in [2.24, 2.45) is 0 Å². The molecule has 1 aliphatic rings. The SMILES string of the molecule is O=C(O)c1ccc(Sc2ccc3c(c2)OCCO3)c(F)c1. The van der Waals surface area contributed by atoms with Crippen molar-refractivity contribution in [3.63, 3.8) is 0 Å². The molecule has 21 heavy (non-hydrogen) atoms. The van der Waals surface area contributed by atoms with Gasteiger partial charge in [0.2, 0.25) is 0 Å². The molecule has 0 unspecified atom stereocenters. The minimum absolute atomic E-state index is 0.0703. The molecule has 0 radical (unpaired) electrons. The molecule has 0 fully saturated rings. The number of carbonyl (C=O) groups is 1. The van der Waals surface area contributed by atoms with Crippen molar-refractivity contribution in [3.8, 4) is 11.5 Å². The van der Waals surface area contributed by atoms with Crippen molar-refractivity contribution in [1.29, 1.82) is 0 Å². The summed E-state index contributed by atoms with van der Waals surface area (Å²) >= 11 is 1.20. The fraction of sp³-hybridized carbons (Fsp3) is 0.133. The second kappa shape index (κ2) is 5.65. The van der Waals surface area contributed by atoms with Gasteiger partial charge in [-0.25, -0.2) is 9.18 Å². The van der Waals surface area contributed by atoms with E-state index in [1.165, 1.54) is 23.9 Å². The van der Waals surface area contributed by atoms with Crippen LogP contribution in [0.4, 0.5) is 4.39 Å². The Kier molecular flexibility index (Phi) is 3.70. The first kappa shape index (κ1) is 13.8. The highest BCUT2D eigenvalue weighted by Crippen LogP contribution is 2.37. The first-order valence-electron chi connectivity index (χ1n) is 6.24. The molecule has 4 nitrogen and oxygen atoms in total. The van der Waals surface area contributed by atoms with Gasteiger partial charge in [0.05, 0.1) is 5.56 Å². The lowest BCUT2D eigenvalue weighted by atomic mass is 10.2. The van der Waals surface area contributed by atoms with Gasteiger partial charge in [-0.3, -0.25) is 0 Å². The smallest absolute Gasteiger partial charge is 0.335 e. The Bertz CT molecular complexity index is 702. The van der Waals surface area contributed by atoms with Crippen molar-refractivity contribution in [2.45, 2.75) is 9.79 Å². The fourth-order valence-electron chi connectivity index (χ4n) is 1.93. The summed E-state index contributed by atoms with van der Waals surface area (Å²) in [5.74, 6) is -0.402. The van der Waals surface area contributed by atoms with Gasteiger partial charge in [0.25, 0.3) is 0 Å². The molecule has 0 aliphatic carbocycles. The van der Waals surface area contributed by atoms with Crippen LogP contribution < -0.4 is 9.47 Å². The summed E-state index contributed by atoms with van der Waals surface area (Å²) in [6.07, 6.45) is 0. The molecule has 0 aromatic heterocycles. The molecule has 6 heteroatoms. The minimum atomic E-state index is -1.15. The zero-order valence-corrected chi connectivity index (χ0v) is 11.7. The molecular weight excluding hydrogens is 295 g/mol. The maximum Gasteiger partial charge on any atom is 0.335 e. The van der Waals surface area contributed by atoms with Crippen molar-refractivity contribution >= 4 is 17.7 Å². The van der Waals surface area contributed by atoms with E-state index in [1.807, 2.05) is 6.07 Å². The Morgan fingerprint density at radius 3 is 2.57 bits per heavy atom. The summed E-state index contributed by atoms with van der Waals surface area (Å²) < 4.78 is 24.8. The number of fused-ring (bicyclic) bond motifs is 1. The number of benzene rings is 2. The molecule has 0 saturated heterocycles. The van der Waals surface area contributed by atoms with E-state index in [-0.39, 0.29) is 5.56 Å². The Labute approximate surface area is 124 Å². The molecule has 2 aromatic rings. The molecular formula is C15H11FO4S. The monoisotopic (exact) mass is 306 g/mol. The highest BCUT2D eigenvalue weighted by atomic mass is 32.2. The number of carboxylic acid groups (broad SMARTS) is 1. The summed E-state index contributed by atoms with van der Waals surface area (Å²) in [7, 11) is 0. The first-order chi connectivity index (χ1) is 10.1. The van der Waals surface area contributed by atoms with E-state index in [1.54, 1.807) is 12.1 Å². The summed E-state index contributed by atoms with van der Waals surface area (Å²) in [5, 5.41) is 8.82. The average Bonchev–Trinajstić information content (AvgIpc) is 2.49. The number of carboxylic acids is 1. The second-order valence-electron chi connectivity index (χ2n) is 4.36. The van der Waals surface area contributed by atoms with E-state index in [4.69, 9.17) is 14.6 Å². The second-order valence-corrected chi connectivity index (χ2v) is 5.47. The van der Waals surface area contributed by atoms with Gasteiger partial charge in [0, 0.05) is 9.79 Å². The molecule has 3 rings (SSSR count). The molecule has 0 saturated carbocycles. The zero-order valence-electron chi connectivity index (χ0n) is 10.8. The zero-order chi connectivity index (χ0) is 14.8. The van der Waals surface area contributed by atoms with Gasteiger partial charge < -0.3 is 14.6 Å². The van der Waals surface area contributed by atoms with Gasteiger partial charge in [-0.05, 0) is 36.4 Å². The Morgan fingerprint density at radius 2 is 1.86 bits per heavy atom. The largest absolute Gasteiger partial charge is 0.486 e. The molecule has 1 aliphatic heterocycles. The Morgan fingerprint density at radius 1 is 1.10 bits per heavy atom. The third-order valence-electron chi connectivity index (χ3n) is 2.92. The first-order valence-corrected chi connectivity index (χ1v) is 7.05. The predicted molar refractivity (Wildman–Crippen MR) is 74.9 cm³/mol. The summed E-state index contributed by atoms with van der Waals surface area (Å²) in [4.78, 5) is 11.9. The number of hydrogen-bond acceptors (Lipinski definition) is 4. The Balaban J connectivity index is 1.85. The Hall–Kier alpha value is -2.21. The van der Waals surface area contributed by atoms with Gasteiger partial charge in [-0.2, -0.15) is 0 Å². The third kappa shape index (κ3) is 2.95. The van der Waals surface area contributed by atoms with E-state index in [0.29, 0.717) is 29.6 Å². The van der Waals surface area contributed by atoms with Crippen LogP contribution in [0.15, 0.2) is 46.2 Å². The topological polar surface area (TPSA) is 55.8 Å². The van der Waals surface area contributed by atoms with Crippen molar-refractivity contribution in [2.75, 3.05) is 13.2 Å². The maximum atomic E-state index is 13.9. The average molecular weight is 306 g/mol. The molecule has 0 bridgehead atoms. The normalized spacial score (nSPS) is 13.0. The van der Waals surface area contributed by atoms with Gasteiger partial charge in [-0.15, -0.1) is 0 Å². The quantitative estimate of drug-likeness (QED) is 0.941. The van der Waals surface area contributed by atoms with Crippen molar-refractivity contribution < 1.29 is 23.8 Å². The molecule has 1 heterocycles.